The maximum absolute atomic E-state index is 13.1. The van der Waals surface area contributed by atoms with E-state index in [0.717, 1.165) is 27.8 Å². The van der Waals surface area contributed by atoms with E-state index in [4.69, 9.17) is 5.14 Å². The molecule has 0 atom stereocenters. The van der Waals surface area contributed by atoms with E-state index in [9.17, 15) is 13.2 Å². The van der Waals surface area contributed by atoms with E-state index in [2.05, 4.69) is 20.3 Å². The minimum absolute atomic E-state index is 0.189. The summed E-state index contributed by atoms with van der Waals surface area (Å²) in [6.45, 7) is 0.278. The Balaban J connectivity index is 1.70. The number of aryl methyl sites for hydroxylation is 1. The van der Waals surface area contributed by atoms with Crippen LogP contribution in [0.4, 0.5) is 0 Å². The minimum atomic E-state index is -3.91. The molecule has 142 valence electrons. The van der Waals surface area contributed by atoms with Crippen molar-refractivity contribution in [1.82, 2.24) is 29.5 Å². The molecule has 5 rings (SSSR count). The van der Waals surface area contributed by atoms with Crippen LogP contribution in [0.2, 0.25) is 0 Å². The van der Waals surface area contributed by atoms with Gasteiger partial charge in [0.25, 0.3) is 15.6 Å². The molecule has 0 spiro atoms. The van der Waals surface area contributed by atoms with E-state index >= 15 is 0 Å². The molecule has 4 heterocycles. The number of hydrogen-bond donors (Lipinski definition) is 2. The van der Waals surface area contributed by atoms with Gasteiger partial charge in [-0.15, -0.1) is 0 Å². The van der Waals surface area contributed by atoms with Gasteiger partial charge in [-0.2, -0.15) is 10.2 Å². The van der Waals surface area contributed by atoms with Crippen LogP contribution in [0.1, 0.15) is 5.56 Å². The van der Waals surface area contributed by atoms with E-state index in [0.29, 0.717) is 21.3 Å². The van der Waals surface area contributed by atoms with Gasteiger partial charge in [0, 0.05) is 17.8 Å². The number of aromatic amines is 1. The molecule has 0 saturated carbocycles. The molecular formula is C16H13N7O3S2. The molecule has 5 aromatic rings. The monoisotopic (exact) mass is 415 g/mol. The molecule has 0 amide bonds. The number of primary sulfonamides is 1. The number of nitrogens with two attached hydrogens (primary N) is 1. The van der Waals surface area contributed by atoms with Crippen LogP contribution >= 0.6 is 11.3 Å². The summed E-state index contributed by atoms with van der Waals surface area (Å²) in [4.78, 5) is 17.2. The van der Waals surface area contributed by atoms with Gasteiger partial charge in [0.1, 0.15) is 5.52 Å². The van der Waals surface area contributed by atoms with Gasteiger partial charge in [-0.3, -0.25) is 9.89 Å². The van der Waals surface area contributed by atoms with Crippen molar-refractivity contribution < 1.29 is 8.42 Å². The molecule has 28 heavy (non-hydrogen) atoms. The van der Waals surface area contributed by atoms with E-state index in [1.165, 1.54) is 4.68 Å². The van der Waals surface area contributed by atoms with Crippen molar-refractivity contribution in [3.8, 4) is 0 Å². The van der Waals surface area contributed by atoms with Crippen molar-refractivity contribution in [3.63, 3.8) is 0 Å². The summed E-state index contributed by atoms with van der Waals surface area (Å²) in [5, 5.41) is 17.9. The molecule has 12 heteroatoms. The zero-order valence-corrected chi connectivity index (χ0v) is 16.1. The molecule has 4 aromatic heterocycles. The van der Waals surface area contributed by atoms with Crippen LogP contribution in [0.25, 0.3) is 32.2 Å². The van der Waals surface area contributed by atoms with Crippen LogP contribution in [0, 0.1) is 0 Å². The van der Waals surface area contributed by atoms with Crippen LogP contribution in [0.15, 0.2) is 39.7 Å². The summed E-state index contributed by atoms with van der Waals surface area (Å²) in [7, 11) is -2.25. The third kappa shape index (κ3) is 2.38. The Labute approximate surface area is 161 Å². The van der Waals surface area contributed by atoms with E-state index in [1.54, 1.807) is 24.0 Å². The molecule has 0 unspecified atom stereocenters. The Morgan fingerprint density at radius 3 is 2.86 bits per heavy atom. The molecule has 1 aromatic carbocycles. The quantitative estimate of drug-likeness (QED) is 0.449. The molecule has 0 aliphatic rings. The summed E-state index contributed by atoms with van der Waals surface area (Å²) < 4.78 is 26.5. The second-order valence-electron chi connectivity index (χ2n) is 6.35. The Kier molecular flexibility index (Phi) is 3.47. The number of aromatic nitrogens is 6. The number of hydrogen-bond acceptors (Lipinski definition) is 7. The molecule has 10 nitrogen and oxygen atoms in total. The average Bonchev–Trinajstić information content (AvgIpc) is 3.34. The third-order valence-corrected chi connectivity index (χ3v) is 7.04. The molecule has 0 saturated heterocycles. The SMILES string of the molecule is Cn1c2nc(S(N)(=O)=O)sc2c2cnn(Cc3cccc4[nH]ncc34)c(=O)c21. The number of H-pyrrole nitrogens is 1. The van der Waals surface area contributed by atoms with Gasteiger partial charge in [0.15, 0.2) is 5.65 Å². The first-order chi connectivity index (χ1) is 13.3. The van der Waals surface area contributed by atoms with Gasteiger partial charge >= 0.3 is 0 Å². The fourth-order valence-corrected chi connectivity index (χ4v) is 5.10. The number of rotatable bonds is 3. The lowest BCUT2D eigenvalue weighted by atomic mass is 10.1. The van der Waals surface area contributed by atoms with E-state index in [1.807, 2.05) is 18.2 Å². The summed E-state index contributed by atoms with van der Waals surface area (Å²) in [6, 6.07) is 5.71. The first-order valence-corrected chi connectivity index (χ1v) is 10.5. The summed E-state index contributed by atoms with van der Waals surface area (Å²) in [6.07, 6.45) is 3.27. The number of nitrogens with zero attached hydrogens (tertiary/aromatic N) is 5. The maximum atomic E-state index is 13.1. The summed E-state index contributed by atoms with van der Waals surface area (Å²) in [5.74, 6) is 0. The van der Waals surface area contributed by atoms with Crippen LogP contribution < -0.4 is 10.7 Å². The van der Waals surface area contributed by atoms with Crippen molar-refractivity contribution in [3.05, 3.63) is 46.5 Å². The largest absolute Gasteiger partial charge is 0.323 e. The topological polar surface area (TPSA) is 142 Å². The van der Waals surface area contributed by atoms with Crippen molar-refractivity contribution in [2.45, 2.75) is 10.9 Å². The second-order valence-corrected chi connectivity index (χ2v) is 9.09. The first-order valence-electron chi connectivity index (χ1n) is 8.13. The van der Waals surface area contributed by atoms with Crippen LogP contribution in [-0.2, 0) is 23.6 Å². The Bertz CT molecular complexity index is 1560. The highest BCUT2D eigenvalue weighted by molar-refractivity contribution is 7.91. The molecule has 0 bridgehead atoms. The maximum Gasteiger partial charge on any atom is 0.291 e. The smallest absolute Gasteiger partial charge is 0.291 e. The highest BCUT2D eigenvalue weighted by Gasteiger charge is 2.22. The van der Waals surface area contributed by atoms with Crippen molar-refractivity contribution in [2.75, 3.05) is 0 Å². The highest BCUT2D eigenvalue weighted by Crippen LogP contribution is 2.32. The number of sulfonamides is 1. The Hall–Kier alpha value is -3.09. The normalized spacial score (nSPS) is 12.5. The summed E-state index contributed by atoms with van der Waals surface area (Å²) in [5.41, 5.74) is 2.29. The van der Waals surface area contributed by atoms with Crippen molar-refractivity contribution >= 4 is 53.5 Å². The highest BCUT2D eigenvalue weighted by atomic mass is 32.2. The summed E-state index contributed by atoms with van der Waals surface area (Å²) >= 11 is 0.931. The van der Waals surface area contributed by atoms with Gasteiger partial charge in [0.2, 0.25) is 4.34 Å². The second kappa shape index (κ2) is 5.70. The minimum Gasteiger partial charge on any atom is -0.323 e. The number of benzene rings is 1. The lowest BCUT2D eigenvalue weighted by Gasteiger charge is -2.06. The molecule has 3 N–H and O–H groups in total. The molecule has 0 radical (unpaired) electrons. The van der Waals surface area contributed by atoms with Gasteiger partial charge in [-0.25, -0.2) is 23.2 Å². The predicted molar refractivity (Wildman–Crippen MR) is 105 cm³/mol. The van der Waals surface area contributed by atoms with E-state index in [-0.39, 0.29) is 16.4 Å². The molecule has 0 aliphatic carbocycles. The number of thiazole rings is 1. The lowest BCUT2D eigenvalue weighted by molar-refractivity contribution is 0.597. The van der Waals surface area contributed by atoms with Gasteiger partial charge in [0.05, 0.1) is 29.2 Å². The molecule has 0 aliphatic heterocycles. The number of fused-ring (bicyclic) bond motifs is 4. The fraction of sp³-hybridized carbons (Fsp3) is 0.125. The average molecular weight is 415 g/mol. The molecule has 0 fully saturated rings. The zero-order chi connectivity index (χ0) is 19.6. The predicted octanol–water partition coefficient (Wildman–Crippen LogP) is 0.917. The van der Waals surface area contributed by atoms with Gasteiger partial charge < -0.3 is 4.57 Å². The van der Waals surface area contributed by atoms with Crippen LogP contribution in [0.3, 0.4) is 0 Å². The van der Waals surface area contributed by atoms with E-state index < -0.39 is 10.0 Å². The van der Waals surface area contributed by atoms with Crippen LogP contribution in [0.5, 0.6) is 0 Å². The standard InChI is InChI=1S/C16H13N7O3S2/c1-22-12-10(13-14(22)20-16(27-13)28(17,25)26)6-19-23(15(12)24)7-8-3-2-4-11-9(8)5-18-21-11/h2-6H,7H2,1H3,(H,18,21)(H2,17,25,26). The van der Waals surface area contributed by atoms with Crippen LogP contribution in [-0.4, -0.2) is 37.9 Å². The van der Waals surface area contributed by atoms with Crippen molar-refractivity contribution in [2.24, 2.45) is 12.2 Å². The Morgan fingerprint density at radius 2 is 2.07 bits per heavy atom. The first kappa shape index (κ1) is 17.0. The Morgan fingerprint density at radius 1 is 1.25 bits per heavy atom. The van der Waals surface area contributed by atoms with Gasteiger partial charge in [-0.1, -0.05) is 23.5 Å². The third-order valence-electron chi connectivity index (χ3n) is 4.64. The number of nitrogens with one attached hydrogen (secondary N) is 1. The van der Waals surface area contributed by atoms with Crippen molar-refractivity contribution in [1.29, 1.82) is 0 Å². The molecular weight excluding hydrogens is 402 g/mol. The van der Waals surface area contributed by atoms with Gasteiger partial charge in [-0.05, 0) is 11.6 Å². The lowest BCUT2D eigenvalue weighted by Crippen LogP contribution is -2.24. The zero-order valence-electron chi connectivity index (χ0n) is 14.4. The fourth-order valence-electron chi connectivity index (χ4n) is 3.33.